The molecule has 1 heterocycles. The van der Waals surface area contributed by atoms with Crippen LogP contribution in [0.15, 0.2) is 30.3 Å². The number of nitrogens with one attached hydrogen (secondary N) is 2. The van der Waals surface area contributed by atoms with Crippen molar-refractivity contribution in [3.8, 4) is 0 Å². The van der Waals surface area contributed by atoms with Crippen molar-refractivity contribution in [2.45, 2.75) is 20.4 Å². The SMILES string of the molecule is CC(C)CNC(=O)CN1CCN(CC(=O)NCc2ccccc2)CC1. The molecule has 1 aromatic carbocycles. The molecule has 1 aliphatic heterocycles. The summed E-state index contributed by atoms with van der Waals surface area (Å²) in [5, 5.41) is 5.91. The zero-order valence-corrected chi connectivity index (χ0v) is 15.3. The van der Waals surface area contributed by atoms with E-state index in [-0.39, 0.29) is 11.8 Å². The third kappa shape index (κ3) is 7.67. The topological polar surface area (TPSA) is 64.7 Å². The molecule has 2 N–H and O–H groups in total. The average molecular weight is 346 g/mol. The van der Waals surface area contributed by atoms with Gasteiger partial charge in [-0.3, -0.25) is 19.4 Å². The predicted molar refractivity (Wildman–Crippen MR) is 99.0 cm³/mol. The fourth-order valence-electron chi connectivity index (χ4n) is 2.74. The lowest BCUT2D eigenvalue weighted by atomic mass is 10.2. The first-order valence-electron chi connectivity index (χ1n) is 9.05. The van der Waals surface area contributed by atoms with Crippen molar-refractivity contribution in [3.63, 3.8) is 0 Å². The summed E-state index contributed by atoms with van der Waals surface area (Å²) in [5.41, 5.74) is 1.10. The Hall–Kier alpha value is -1.92. The fraction of sp³-hybridized carbons (Fsp3) is 0.579. The number of hydrogen-bond acceptors (Lipinski definition) is 4. The maximum atomic E-state index is 12.1. The highest BCUT2D eigenvalue weighted by Gasteiger charge is 2.20. The third-order valence-corrected chi connectivity index (χ3v) is 4.24. The quantitative estimate of drug-likeness (QED) is 0.727. The van der Waals surface area contributed by atoms with Crippen LogP contribution in [0.4, 0.5) is 0 Å². The minimum absolute atomic E-state index is 0.0481. The van der Waals surface area contributed by atoms with Crippen LogP contribution in [0.2, 0.25) is 0 Å². The molecule has 0 aromatic heterocycles. The predicted octanol–water partition coefficient (Wildman–Crippen LogP) is 0.693. The van der Waals surface area contributed by atoms with Crippen LogP contribution in [0, 0.1) is 5.92 Å². The minimum atomic E-state index is 0.0481. The maximum Gasteiger partial charge on any atom is 0.234 e. The number of rotatable bonds is 8. The second-order valence-corrected chi connectivity index (χ2v) is 7.01. The summed E-state index contributed by atoms with van der Waals surface area (Å²) in [5.74, 6) is 0.602. The van der Waals surface area contributed by atoms with Gasteiger partial charge in [0.2, 0.25) is 11.8 Å². The Bertz CT molecular complexity index is 540. The van der Waals surface area contributed by atoms with Crippen molar-refractivity contribution in [1.29, 1.82) is 0 Å². The summed E-state index contributed by atoms with van der Waals surface area (Å²) in [6, 6.07) is 9.91. The van der Waals surface area contributed by atoms with Crippen LogP contribution < -0.4 is 10.6 Å². The van der Waals surface area contributed by atoms with Gasteiger partial charge < -0.3 is 10.6 Å². The molecule has 138 valence electrons. The minimum Gasteiger partial charge on any atom is -0.355 e. The zero-order chi connectivity index (χ0) is 18.1. The average Bonchev–Trinajstić information content (AvgIpc) is 2.61. The highest BCUT2D eigenvalue weighted by Crippen LogP contribution is 2.02. The lowest BCUT2D eigenvalue weighted by Gasteiger charge is -2.33. The maximum absolute atomic E-state index is 12.1. The number of benzene rings is 1. The number of piperazine rings is 1. The molecule has 0 aliphatic carbocycles. The van der Waals surface area contributed by atoms with Crippen molar-refractivity contribution in [2.24, 2.45) is 5.92 Å². The molecule has 2 amide bonds. The number of hydrogen-bond donors (Lipinski definition) is 2. The van der Waals surface area contributed by atoms with Crippen molar-refractivity contribution < 1.29 is 9.59 Å². The summed E-state index contributed by atoms with van der Waals surface area (Å²) < 4.78 is 0. The summed E-state index contributed by atoms with van der Waals surface area (Å²) >= 11 is 0. The van der Waals surface area contributed by atoms with Crippen LogP contribution in [0.25, 0.3) is 0 Å². The van der Waals surface area contributed by atoms with Gasteiger partial charge in [0, 0.05) is 39.3 Å². The van der Waals surface area contributed by atoms with Crippen LogP contribution >= 0.6 is 0 Å². The monoisotopic (exact) mass is 346 g/mol. The van der Waals surface area contributed by atoms with E-state index in [1.54, 1.807) is 0 Å². The molecule has 0 saturated carbocycles. The second-order valence-electron chi connectivity index (χ2n) is 7.01. The van der Waals surface area contributed by atoms with E-state index in [2.05, 4.69) is 34.3 Å². The molecule has 0 bridgehead atoms. The molecule has 6 nitrogen and oxygen atoms in total. The molecule has 1 aromatic rings. The molecule has 0 atom stereocenters. The third-order valence-electron chi connectivity index (χ3n) is 4.24. The molecular weight excluding hydrogens is 316 g/mol. The van der Waals surface area contributed by atoms with Crippen LogP contribution in [-0.2, 0) is 16.1 Å². The molecular formula is C19H30N4O2. The van der Waals surface area contributed by atoms with Gasteiger partial charge in [0.1, 0.15) is 0 Å². The van der Waals surface area contributed by atoms with Crippen molar-refractivity contribution >= 4 is 11.8 Å². The first-order valence-corrected chi connectivity index (χ1v) is 9.05. The molecule has 6 heteroatoms. The highest BCUT2D eigenvalue weighted by atomic mass is 16.2. The lowest BCUT2D eigenvalue weighted by molar-refractivity contribution is -0.125. The Balaban J connectivity index is 1.61. The van der Waals surface area contributed by atoms with E-state index in [4.69, 9.17) is 0 Å². The molecule has 0 unspecified atom stereocenters. The Morgan fingerprint density at radius 3 is 1.96 bits per heavy atom. The molecule has 0 radical (unpaired) electrons. The van der Waals surface area contributed by atoms with Gasteiger partial charge in [0.15, 0.2) is 0 Å². The molecule has 0 spiro atoms. The van der Waals surface area contributed by atoms with Crippen molar-refractivity contribution in [2.75, 3.05) is 45.8 Å². The van der Waals surface area contributed by atoms with E-state index >= 15 is 0 Å². The Morgan fingerprint density at radius 1 is 0.920 bits per heavy atom. The summed E-state index contributed by atoms with van der Waals surface area (Å²) in [6.07, 6.45) is 0. The lowest BCUT2D eigenvalue weighted by Crippen LogP contribution is -2.51. The Labute approximate surface area is 150 Å². The Morgan fingerprint density at radius 2 is 1.44 bits per heavy atom. The van der Waals surface area contributed by atoms with E-state index < -0.39 is 0 Å². The second kappa shape index (κ2) is 10.2. The fourth-order valence-corrected chi connectivity index (χ4v) is 2.74. The van der Waals surface area contributed by atoms with Gasteiger partial charge in [-0.25, -0.2) is 0 Å². The van der Waals surface area contributed by atoms with Crippen LogP contribution in [0.5, 0.6) is 0 Å². The molecule has 1 saturated heterocycles. The molecule has 2 rings (SSSR count). The summed E-state index contributed by atoms with van der Waals surface area (Å²) in [7, 11) is 0. The van der Waals surface area contributed by atoms with Crippen molar-refractivity contribution in [1.82, 2.24) is 20.4 Å². The van der Waals surface area contributed by atoms with E-state index in [1.165, 1.54) is 0 Å². The first-order chi connectivity index (χ1) is 12.0. The smallest absolute Gasteiger partial charge is 0.234 e. The van der Waals surface area contributed by atoms with Crippen molar-refractivity contribution in [3.05, 3.63) is 35.9 Å². The largest absolute Gasteiger partial charge is 0.355 e. The first kappa shape index (κ1) is 19.4. The van der Waals surface area contributed by atoms with Crippen LogP contribution in [0.3, 0.4) is 0 Å². The van der Waals surface area contributed by atoms with Gasteiger partial charge in [-0.2, -0.15) is 0 Å². The van der Waals surface area contributed by atoms with E-state index in [0.29, 0.717) is 25.6 Å². The highest BCUT2D eigenvalue weighted by molar-refractivity contribution is 5.78. The van der Waals surface area contributed by atoms with Gasteiger partial charge in [0.05, 0.1) is 13.1 Å². The molecule has 25 heavy (non-hydrogen) atoms. The van der Waals surface area contributed by atoms with E-state index in [9.17, 15) is 9.59 Å². The van der Waals surface area contributed by atoms with Gasteiger partial charge in [-0.05, 0) is 11.5 Å². The number of carbonyl (C=O) groups is 2. The van der Waals surface area contributed by atoms with Gasteiger partial charge in [-0.15, -0.1) is 0 Å². The van der Waals surface area contributed by atoms with Gasteiger partial charge in [-0.1, -0.05) is 44.2 Å². The van der Waals surface area contributed by atoms with Gasteiger partial charge >= 0.3 is 0 Å². The Kier molecular flexibility index (Phi) is 7.88. The zero-order valence-electron chi connectivity index (χ0n) is 15.3. The molecule has 1 fully saturated rings. The molecule has 1 aliphatic rings. The van der Waals surface area contributed by atoms with E-state index in [0.717, 1.165) is 38.3 Å². The number of nitrogens with zero attached hydrogens (tertiary/aromatic N) is 2. The van der Waals surface area contributed by atoms with Gasteiger partial charge in [0.25, 0.3) is 0 Å². The number of amides is 2. The standard InChI is InChI=1S/C19H30N4O2/c1-16(2)12-20-18(24)14-22-8-10-23(11-9-22)15-19(25)21-13-17-6-4-3-5-7-17/h3-7,16H,8-15H2,1-2H3,(H,20,24)(H,21,25). The summed E-state index contributed by atoms with van der Waals surface area (Å²) in [6.45, 7) is 9.59. The van der Waals surface area contributed by atoms with Crippen LogP contribution in [0.1, 0.15) is 19.4 Å². The number of carbonyl (C=O) groups excluding carboxylic acids is 2. The summed E-state index contributed by atoms with van der Waals surface area (Å²) in [4.78, 5) is 28.2. The van der Waals surface area contributed by atoms with Crippen LogP contribution in [-0.4, -0.2) is 67.4 Å². The normalized spacial score (nSPS) is 16.0. The van der Waals surface area contributed by atoms with E-state index in [1.807, 2.05) is 30.3 Å².